The molecule has 1 saturated carbocycles. The van der Waals surface area contributed by atoms with E-state index in [1.807, 2.05) is 38.1 Å². The van der Waals surface area contributed by atoms with E-state index in [-0.39, 0.29) is 29.6 Å². The molecule has 1 saturated heterocycles. The van der Waals surface area contributed by atoms with Gasteiger partial charge >= 0.3 is 0 Å². The smallest absolute Gasteiger partial charge is 0.241 e. The van der Waals surface area contributed by atoms with Crippen LogP contribution in [0.25, 0.3) is 0 Å². The van der Waals surface area contributed by atoms with Gasteiger partial charge < -0.3 is 4.74 Å². The second-order valence-corrected chi connectivity index (χ2v) is 8.04. The molecule has 2 fully saturated rings. The molecule has 0 aromatic heterocycles. The van der Waals surface area contributed by atoms with Gasteiger partial charge in [0.15, 0.2) is 0 Å². The number of hydrogen-bond donors (Lipinski definition) is 0. The van der Waals surface area contributed by atoms with Crippen LogP contribution >= 0.6 is 0 Å². The second-order valence-electron chi connectivity index (χ2n) is 8.04. The Bertz CT molecular complexity index is 960. The number of amides is 2. The van der Waals surface area contributed by atoms with Crippen molar-refractivity contribution in [1.29, 1.82) is 0 Å². The fourth-order valence-corrected chi connectivity index (χ4v) is 4.96. The highest BCUT2D eigenvalue weighted by Gasteiger charge is 2.67. The Balaban J connectivity index is 1.40. The zero-order chi connectivity index (χ0) is 18.8. The molecule has 2 bridgehead atoms. The van der Waals surface area contributed by atoms with Gasteiger partial charge in [-0.05, 0) is 68.5 Å². The van der Waals surface area contributed by atoms with Crippen molar-refractivity contribution in [3.8, 4) is 11.5 Å². The summed E-state index contributed by atoms with van der Waals surface area (Å²) in [5, 5.41) is 0. The minimum absolute atomic E-state index is 0.0634. The van der Waals surface area contributed by atoms with Crippen molar-refractivity contribution >= 4 is 17.5 Å². The second kappa shape index (κ2) is 5.56. The lowest BCUT2D eigenvalue weighted by molar-refractivity contribution is -0.127. The van der Waals surface area contributed by atoms with Crippen molar-refractivity contribution in [1.82, 2.24) is 0 Å². The molecule has 3 aliphatic rings. The lowest BCUT2D eigenvalue weighted by atomic mass is 9.71. The summed E-state index contributed by atoms with van der Waals surface area (Å²) in [4.78, 5) is 27.6. The van der Waals surface area contributed by atoms with E-state index in [9.17, 15) is 9.59 Å². The van der Waals surface area contributed by atoms with Gasteiger partial charge in [0.25, 0.3) is 0 Å². The van der Waals surface area contributed by atoms with Gasteiger partial charge in [0.05, 0.1) is 17.0 Å². The van der Waals surface area contributed by atoms with Crippen LogP contribution in [0, 0.1) is 30.1 Å². The molecule has 4 atom stereocenters. The number of benzene rings is 2. The number of aryl methyl sites for hydroxylation is 1. The SMILES string of the molecule is Cc1ccc(Oc2ccc(N3C(=O)[C@@H]4[C@H]5C=C[C@@H](C5)[C@]4(C)C3=O)cc2)cc1. The van der Waals surface area contributed by atoms with Gasteiger partial charge in [0, 0.05) is 0 Å². The summed E-state index contributed by atoms with van der Waals surface area (Å²) in [5.41, 5.74) is 1.20. The number of anilines is 1. The molecular formula is C23H21NO3. The van der Waals surface area contributed by atoms with E-state index in [0.29, 0.717) is 11.4 Å². The molecule has 136 valence electrons. The lowest BCUT2D eigenvalue weighted by Gasteiger charge is -2.28. The molecule has 0 radical (unpaired) electrons. The average Bonchev–Trinajstić information content (AvgIpc) is 3.30. The van der Waals surface area contributed by atoms with Crippen LogP contribution in [0.5, 0.6) is 11.5 Å². The third kappa shape index (κ3) is 2.22. The maximum atomic E-state index is 13.2. The molecule has 27 heavy (non-hydrogen) atoms. The van der Waals surface area contributed by atoms with E-state index in [0.717, 1.165) is 12.2 Å². The maximum Gasteiger partial charge on any atom is 0.241 e. The molecule has 2 amide bonds. The molecular weight excluding hydrogens is 338 g/mol. The van der Waals surface area contributed by atoms with Crippen LogP contribution in [-0.2, 0) is 9.59 Å². The number of imide groups is 1. The van der Waals surface area contributed by atoms with Crippen LogP contribution in [-0.4, -0.2) is 11.8 Å². The van der Waals surface area contributed by atoms with Crippen molar-refractivity contribution in [3.63, 3.8) is 0 Å². The summed E-state index contributed by atoms with van der Waals surface area (Å²) in [6.45, 7) is 3.99. The van der Waals surface area contributed by atoms with Crippen molar-refractivity contribution < 1.29 is 14.3 Å². The number of allylic oxidation sites excluding steroid dienone is 2. The number of hydrogen-bond acceptors (Lipinski definition) is 3. The summed E-state index contributed by atoms with van der Waals surface area (Å²) in [6.07, 6.45) is 5.16. The van der Waals surface area contributed by atoms with Crippen LogP contribution in [0.4, 0.5) is 5.69 Å². The predicted octanol–water partition coefficient (Wildman–Crippen LogP) is 4.49. The number of rotatable bonds is 3. The topological polar surface area (TPSA) is 46.6 Å². The molecule has 0 N–H and O–H groups in total. The quantitative estimate of drug-likeness (QED) is 0.599. The molecule has 4 nitrogen and oxygen atoms in total. The molecule has 2 aliphatic carbocycles. The molecule has 5 rings (SSSR count). The molecule has 0 unspecified atom stereocenters. The first-order chi connectivity index (χ1) is 13.0. The lowest BCUT2D eigenvalue weighted by Crippen LogP contribution is -2.37. The van der Waals surface area contributed by atoms with Gasteiger partial charge in [0.2, 0.25) is 11.8 Å². The van der Waals surface area contributed by atoms with E-state index in [4.69, 9.17) is 4.74 Å². The van der Waals surface area contributed by atoms with Crippen molar-refractivity contribution in [2.24, 2.45) is 23.2 Å². The van der Waals surface area contributed by atoms with E-state index in [2.05, 4.69) is 12.2 Å². The normalized spacial score (nSPS) is 30.9. The van der Waals surface area contributed by atoms with Gasteiger partial charge in [0.1, 0.15) is 11.5 Å². The third-order valence-electron chi connectivity index (χ3n) is 6.46. The number of fused-ring (bicyclic) bond motifs is 5. The highest BCUT2D eigenvalue weighted by Crippen LogP contribution is 2.60. The Kier molecular flexibility index (Phi) is 3.36. The minimum Gasteiger partial charge on any atom is -0.457 e. The van der Waals surface area contributed by atoms with E-state index >= 15 is 0 Å². The summed E-state index contributed by atoms with van der Waals surface area (Å²) >= 11 is 0. The average molecular weight is 359 g/mol. The van der Waals surface area contributed by atoms with E-state index in [1.54, 1.807) is 24.3 Å². The summed E-state index contributed by atoms with van der Waals surface area (Å²) in [6, 6.07) is 15.0. The predicted molar refractivity (Wildman–Crippen MR) is 103 cm³/mol. The van der Waals surface area contributed by atoms with Gasteiger partial charge in [-0.3, -0.25) is 9.59 Å². The molecule has 4 heteroatoms. The van der Waals surface area contributed by atoms with Crippen molar-refractivity contribution in [2.75, 3.05) is 4.90 Å². The zero-order valence-corrected chi connectivity index (χ0v) is 15.4. The Morgan fingerprint density at radius 2 is 1.59 bits per heavy atom. The standard InChI is InChI=1S/C23H21NO3/c1-14-3-9-18(10-4-14)27-19-11-7-17(8-12-19)24-21(25)20-15-5-6-16(13-15)23(20,2)22(24)26/h3-12,15-16,20H,13H2,1-2H3/t15-,16-,20-,23-/m0/s1. The Morgan fingerprint density at radius 3 is 2.22 bits per heavy atom. The van der Waals surface area contributed by atoms with E-state index in [1.165, 1.54) is 10.5 Å². The molecule has 1 aliphatic heterocycles. The highest BCUT2D eigenvalue weighted by molar-refractivity contribution is 6.24. The third-order valence-corrected chi connectivity index (χ3v) is 6.46. The summed E-state index contributed by atoms with van der Waals surface area (Å²) in [5.74, 6) is 1.46. The fraction of sp³-hybridized carbons (Fsp3) is 0.304. The van der Waals surface area contributed by atoms with Crippen LogP contribution < -0.4 is 9.64 Å². The molecule has 2 aromatic rings. The van der Waals surface area contributed by atoms with Crippen LogP contribution in [0.2, 0.25) is 0 Å². The molecule has 0 spiro atoms. The Hall–Kier alpha value is -2.88. The van der Waals surface area contributed by atoms with Crippen LogP contribution in [0.15, 0.2) is 60.7 Å². The van der Waals surface area contributed by atoms with Gasteiger partial charge in [-0.25, -0.2) is 4.90 Å². The fourth-order valence-electron chi connectivity index (χ4n) is 4.96. The van der Waals surface area contributed by atoms with Gasteiger partial charge in [-0.2, -0.15) is 0 Å². The van der Waals surface area contributed by atoms with Gasteiger partial charge in [-0.15, -0.1) is 0 Å². The van der Waals surface area contributed by atoms with Crippen LogP contribution in [0.1, 0.15) is 18.9 Å². The number of carbonyl (C=O) groups is 2. The monoisotopic (exact) mass is 359 g/mol. The molecule has 2 aromatic carbocycles. The summed E-state index contributed by atoms with van der Waals surface area (Å²) < 4.78 is 5.84. The Morgan fingerprint density at radius 1 is 0.963 bits per heavy atom. The molecule has 1 heterocycles. The Labute approximate surface area is 158 Å². The number of carbonyl (C=O) groups excluding carboxylic acids is 2. The maximum absolute atomic E-state index is 13.2. The van der Waals surface area contributed by atoms with E-state index < -0.39 is 5.41 Å². The largest absolute Gasteiger partial charge is 0.457 e. The summed E-state index contributed by atoms with van der Waals surface area (Å²) in [7, 11) is 0. The number of ether oxygens (including phenoxy) is 1. The van der Waals surface area contributed by atoms with Crippen molar-refractivity contribution in [2.45, 2.75) is 20.3 Å². The zero-order valence-electron chi connectivity index (χ0n) is 15.4. The number of nitrogens with zero attached hydrogens (tertiary/aromatic N) is 1. The van der Waals surface area contributed by atoms with Gasteiger partial charge in [-0.1, -0.05) is 29.8 Å². The van der Waals surface area contributed by atoms with Crippen LogP contribution in [0.3, 0.4) is 0 Å². The first-order valence-corrected chi connectivity index (χ1v) is 9.40. The first kappa shape index (κ1) is 16.3. The minimum atomic E-state index is -0.590. The highest BCUT2D eigenvalue weighted by atomic mass is 16.5. The van der Waals surface area contributed by atoms with Crippen molar-refractivity contribution in [3.05, 3.63) is 66.2 Å². The first-order valence-electron chi connectivity index (χ1n) is 9.40.